The van der Waals surface area contributed by atoms with Crippen LogP contribution in [0.2, 0.25) is 5.02 Å². The Bertz CT molecular complexity index is 1490. The van der Waals surface area contributed by atoms with E-state index in [1.165, 1.54) is 0 Å². The van der Waals surface area contributed by atoms with Crippen molar-refractivity contribution in [1.29, 1.82) is 0 Å². The molecule has 0 aliphatic carbocycles. The fraction of sp³-hybridized carbons (Fsp3) is 0.441. The number of anilines is 2. The number of halogens is 1. The van der Waals surface area contributed by atoms with Crippen LogP contribution in [-0.4, -0.2) is 77.8 Å². The number of aliphatic hydroxyl groups is 1. The number of unbranched alkanes of at least 4 members (excludes halogenated alkanes) is 1. The predicted octanol–water partition coefficient (Wildman–Crippen LogP) is 4.38. The first kappa shape index (κ1) is 30.4. The van der Waals surface area contributed by atoms with Gasteiger partial charge in [0.15, 0.2) is 0 Å². The molecule has 44 heavy (non-hydrogen) atoms. The number of carbonyl (C=O) groups is 3. The first-order chi connectivity index (χ1) is 21.3. The topological polar surface area (TPSA) is 99.6 Å². The Labute approximate surface area is 262 Å². The van der Waals surface area contributed by atoms with E-state index in [1.807, 2.05) is 68.5 Å². The standard InChI is InChI=1S/C34H38ClN3O6/c1-3-33-17-9-20-36(23-13-15-24(16-14-23)43-4-2)30(40)27(33)28-31(41)38(19-7-8-22-39)29-32(42)37(21-10-18-34(28,29)44-33)26-12-6-5-11-25(26)35/h5-6,9-18,27-29,39H,3-4,7-8,19-22H2,1-2H3/t27-,28+,29?,33+,34+/m1/s1. The molecule has 0 bridgehead atoms. The summed E-state index contributed by atoms with van der Waals surface area (Å²) in [6, 6.07) is 13.5. The number of carbonyl (C=O) groups excluding carboxylic acids is 3. The first-order valence-electron chi connectivity index (χ1n) is 15.4. The number of likely N-dealkylation sites (tertiary alicyclic amines) is 1. The van der Waals surface area contributed by atoms with Crippen LogP contribution in [0.25, 0.3) is 0 Å². The van der Waals surface area contributed by atoms with Crippen LogP contribution in [-0.2, 0) is 19.1 Å². The molecule has 0 saturated carbocycles. The molecule has 10 heteroatoms. The van der Waals surface area contributed by atoms with Gasteiger partial charge in [-0.25, -0.2) is 0 Å². The summed E-state index contributed by atoms with van der Waals surface area (Å²) < 4.78 is 12.6. The van der Waals surface area contributed by atoms with Gasteiger partial charge in [0, 0.05) is 31.9 Å². The van der Waals surface area contributed by atoms with Gasteiger partial charge in [0.25, 0.3) is 5.91 Å². The second-order valence-electron chi connectivity index (χ2n) is 11.7. The lowest BCUT2D eigenvalue weighted by atomic mass is 9.73. The fourth-order valence-electron chi connectivity index (χ4n) is 7.40. The fourth-order valence-corrected chi connectivity index (χ4v) is 7.64. The minimum atomic E-state index is -1.37. The SMILES string of the molecule is CCOc1ccc(N2CC=C[C@]3(CC)O[C@]45C=CCN(c6ccccc6Cl)C(=O)C4N(CCCCO)C(=O)[C@@H]5[C@@H]3C2=O)cc1. The lowest BCUT2D eigenvalue weighted by Gasteiger charge is -2.38. The molecule has 232 valence electrons. The highest BCUT2D eigenvalue weighted by Crippen LogP contribution is 2.59. The maximum Gasteiger partial charge on any atom is 0.253 e. The Kier molecular flexibility index (Phi) is 8.30. The number of amides is 3. The Morgan fingerprint density at radius 1 is 0.909 bits per heavy atom. The van der Waals surface area contributed by atoms with Crippen molar-refractivity contribution in [2.24, 2.45) is 11.8 Å². The van der Waals surface area contributed by atoms with Crippen LogP contribution in [0.4, 0.5) is 11.4 Å². The van der Waals surface area contributed by atoms with Crippen molar-refractivity contribution in [3.05, 3.63) is 77.9 Å². The van der Waals surface area contributed by atoms with Crippen LogP contribution in [0.3, 0.4) is 0 Å². The normalized spacial score (nSPS) is 29.4. The second-order valence-corrected chi connectivity index (χ2v) is 12.1. The largest absolute Gasteiger partial charge is 0.494 e. The number of benzene rings is 2. The molecule has 4 aliphatic rings. The highest BCUT2D eigenvalue weighted by Gasteiger charge is 2.75. The average molecular weight is 620 g/mol. The maximum absolute atomic E-state index is 14.7. The first-order valence-corrected chi connectivity index (χ1v) is 15.8. The summed E-state index contributed by atoms with van der Waals surface area (Å²) in [5.41, 5.74) is -1.22. The van der Waals surface area contributed by atoms with E-state index >= 15 is 0 Å². The molecule has 1 unspecified atom stereocenters. The van der Waals surface area contributed by atoms with Crippen LogP contribution < -0.4 is 14.5 Å². The molecule has 9 nitrogen and oxygen atoms in total. The zero-order chi connectivity index (χ0) is 31.1. The molecule has 4 heterocycles. The summed E-state index contributed by atoms with van der Waals surface area (Å²) in [7, 11) is 0. The van der Waals surface area contributed by atoms with Gasteiger partial charge in [-0.3, -0.25) is 14.4 Å². The lowest BCUT2D eigenvalue weighted by molar-refractivity contribution is -0.145. The van der Waals surface area contributed by atoms with Crippen molar-refractivity contribution in [3.63, 3.8) is 0 Å². The van der Waals surface area contributed by atoms with Gasteiger partial charge in [-0.1, -0.05) is 55.0 Å². The van der Waals surface area contributed by atoms with E-state index in [2.05, 4.69) is 0 Å². The summed E-state index contributed by atoms with van der Waals surface area (Å²) in [5.74, 6) is -1.90. The molecule has 4 aliphatic heterocycles. The van der Waals surface area contributed by atoms with Crippen molar-refractivity contribution >= 4 is 40.7 Å². The molecule has 3 amide bonds. The zero-order valence-corrected chi connectivity index (χ0v) is 25.8. The summed E-state index contributed by atoms with van der Waals surface area (Å²) in [5, 5.41) is 9.91. The Morgan fingerprint density at radius 3 is 2.34 bits per heavy atom. The van der Waals surface area contributed by atoms with Crippen molar-refractivity contribution < 1.29 is 29.0 Å². The molecule has 6 rings (SSSR count). The van der Waals surface area contributed by atoms with Gasteiger partial charge in [0.1, 0.15) is 17.4 Å². The smallest absolute Gasteiger partial charge is 0.253 e. The van der Waals surface area contributed by atoms with Gasteiger partial charge in [0.2, 0.25) is 11.8 Å². The molecular weight excluding hydrogens is 582 g/mol. The predicted molar refractivity (Wildman–Crippen MR) is 168 cm³/mol. The maximum atomic E-state index is 14.7. The Morgan fingerprint density at radius 2 is 1.64 bits per heavy atom. The van der Waals surface area contributed by atoms with Crippen LogP contribution in [0.5, 0.6) is 5.75 Å². The van der Waals surface area contributed by atoms with E-state index < -0.39 is 29.1 Å². The van der Waals surface area contributed by atoms with Crippen LogP contribution in [0.15, 0.2) is 72.8 Å². The molecule has 2 aromatic rings. The Hall–Kier alpha value is -3.66. The molecule has 1 N–H and O–H groups in total. The zero-order valence-electron chi connectivity index (χ0n) is 25.0. The van der Waals surface area contributed by atoms with Crippen LogP contribution in [0.1, 0.15) is 33.1 Å². The van der Waals surface area contributed by atoms with Gasteiger partial charge >= 0.3 is 0 Å². The third-order valence-corrected chi connectivity index (χ3v) is 9.67. The van der Waals surface area contributed by atoms with Crippen molar-refractivity contribution in [2.75, 3.05) is 42.6 Å². The minimum Gasteiger partial charge on any atom is -0.494 e. The van der Waals surface area contributed by atoms with Gasteiger partial charge in [-0.05, 0) is 62.6 Å². The van der Waals surface area contributed by atoms with Crippen molar-refractivity contribution in [2.45, 2.75) is 50.4 Å². The van der Waals surface area contributed by atoms with E-state index in [0.29, 0.717) is 54.6 Å². The molecule has 2 fully saturated rings. The summed E-state index contributed by atoms with van der Waals surface area (Å²) in [4.78, 5) is 48.7. The molecule has 0 aromatic heterocycles. The second kappa shape index (κ2) is 12.0. The number of aliphatic hydroxyl groups excluding tert-OH is 1. The van der Waals surface area contributed by atoms with Gasteiger partial charge in [0.05, 0.1) is 34.8 Å². The highest BCUT2D eigenvalue weighted by atomic mass is 35.5. The van der Waals surface area contributed by atoms with E-state index in [9.17, 15) is 19.5 Å². The number of ether oxygens (including phenoxy) is 2. The molecule has 0 radical (unpaired) electrons. The van der Waals surface area contributed by atoms with Crippen LogP contribution >= 0.6 is 11.6 Å². The van der Waals surface area contributed by atoms with Gasteiger partial charge in [-0.2, -0.15) is 0 Å². The number of nitrogens with zero attached hydrogens (tertiary/aromatic N) is 3. The summed E-state index contributed by atoms with van der Waals surface area (Å²) >= 11 is 6.55. The van der Waals surface area contributed by atoms with Gasteiger partial charge < -0.3 is 29.3 Å². The average Bonchev–Trinajstić information content (AvgIpc) is 3.31. The minimum absolute atomic E-state index is 0.0285. The lowest BCUT2D eigenvalue weighted by Crippen LogP contribution is -2.56. The van der Waals surface area contributed by atoms with E-state index in [0.717, 1.165) is 0 Å². The molecule has 2 saturated heterocycles. The summed E-state index contributed by atoms with van der Waals surface area (Å²) in [6.07, 6.45) is 8.96. The number of rotatable bonds is 9. The van der Waals surface area contributed by atoms with Crippen molar-refractivity contribution in [3.8, 4) is 5.75 Å². The number of hydrogen-bond acceptors (Lipinski definition) is 6. The van der Waals surface area contributed by atoms with E-state index in [-0.39, 0.29) is 37.4 Å². The number of hydrogen-bond donors (Lipinski definition) is 1. The quantitative estimate of drug-likeness (QED) is 0.330. The van der Waals surface area contributed by atoms with Crippen molar-refractivity contribution in [1.82, 2.24) is 4.90 Å². The molecule has 1 spiro atoms. The third-order valence-electron chi connectivity index (χ3n) is 9.35. The number of para-hydroxylation sites is 1. The third kappa shape index (κ3) is 4.73. The number of fused-ring (bicyclic) bond motifs is 2. The monoisotopic (exact) mass is 619 g/mol. The summed E-state index contributed by atoms with van der Waals surface area (Å²) in [6.45, 7) is 5.18. The molecule has 2 aromatic carbocycles. The highest BCUT2D eigenvalue weighted by molar-refractivity contribution is 6.34. The van der Waals surface area contributed by atoms with E-state index in [4.69, 9.17) is 21.1 Å². The molecular formula is C34H38ClN3O6. The van der Waals surface area contributed by atoms with Gasteiger partial charge in [-0.15, -0.1) is 0 Å². The Balaban J connectivity index is 1.45. The van der Waals surface area contributed by atoms with Crippen LogP contribution in [0, 0.1) is 11.8 Å². The molecule has 5 atom stereocenters. The van der Waals surface area contributed by atoms with E-state index in [1.54, 1.807) is 32.9 Å².